The highest BCUT2D eigenvalue weighted by Gasteiger charge is 2.24. The monoisotopic (exact) mass is 541 g/mol. The smallest absolute Gasteiger partial charge is 0.251 e. The molecule has 2 aromatic rings. The van der Waals surface area contributed by atoms with Gasteiger partial charge in [-0.2, -0.15) is 0 Å². The molecule has 2 aromatic carbocycles. The van der Waals surface area contributed by atoms with E-state index in [0.717, 1.165) is 11.3 Å². The molecule has 9 heteroatoms. The van der Waals surface area contributed by atoms with Crippen LogP contribution < -0.4 is 21.3 Å². The fourth-order valence-corrected chi connectivity index (χ4v) is 3.31. The minimum absolute atomic E-state index is 0. The van der Waals surface area contributed by atoms with Crippen molar-refractivity contribution in [1.29, 1.82) is 0 Å². The zero-order chi connectivity index (χ0) is 20.6. The Kier molecular flexibility index (Phi) is 9.38. The van der Waals surface area contributed by atoms with E-state index in [9.17, 15) is 9.59 Å². The number of nitrogens with zero attached hydrogens (tertiary/aromatic N) is 1. The normalized spacial score (nSPS) is 15.3. The lowest BCUT2D eigenvalue weighted by atomic mass is 9.90. The van der Waals surface area contributed by atoms with Gasteiger partial charge in [0.25, 0.3) is 5.91 Å². The Bertz CT molecular complexity index is 905. The number of hydrogen-bond donors (Lipinski definition) is 4. The van der Waals surface area contributed by atoms with Gasteiger partial charge in [0.15, 0.2) is 5.96 Å². The molecule has 1 unspecified atom stereocenters. The maximum atomic E-state index is 12.1. The molecule has 0 saturated carbocycles. The van der Waals surface area contributed by atoms with Gasteiger partial charge in [-0.05, 0) is 35.9 Å². The summed E-state index contributed by atoms with van der Waals surface area (Å²) in [6.45, 7) is 1.54. The Labute approximate surface area is 198 Å². The van der Waals surface area contributed by atoms with Gasteiger partial charge >= 0.3 is 0 Å². The lowest BCUT2D eigenvalue weighted by Gasteiger charge is -2.26. The van der Waals surface area contributed by atoms with Gasteiger partial charge in [-0.3, -0.25) is 14.6 Å². The first-order chi connectivity index (χ1) is 14.1. The van der Waals surface area contributed by atoms with Crippen LogP contribution in [-0.2, 0) is 4.79 Å². The minimum Gasteiger partial charge on any atom is -0.356 e. The summed E-state index contributed by atoms with van der Waals surface area (Å²) in [5.41, 5.74) is 2.54. The molecule has 1 atom stereocenters. The van der Waals surface area contributed by atoms with E-state index in [2.05, 4.69) is 26.3 Å². The van der Waals surface area contributed by atoms with Crippen molar-refractivity contribution in [2.24, 2.45) is 4.99 Å². The Morgan fingerprint density at radius 2 is 1.80 bits per heavy atom. The zero-order valence-corrected chi connectivity index (χ0v) is 19.7. The number of fused-ring (bicyclic) bond motifs is 1. The SMILES string of the molecule is CN=C(NCCNC(=O)c1ccc(Cl)cc1)NCC1CC(=O)Nc2ccccc21.I. The first-order valence-electron chi connectivity index (χ1n) is 9.44. The molecule has 1 heterocycles. The van der Waals surface area contributed by atoms with Gasteiger partial charge in [0, 0.05) is 55.3 Å². The van der Waals surface area contributed by atoms with Gasteiger partial charge in [0.2, 0.25) is 5.91 Å². The Balaban J connectivity index is 0.00000320. The second-order valence-electron chi connectivity index (χ2n) is 6.68. The molecule has 0 saturated heterocycles. The molecule has 30 heavy (non-hydrogen) atoms. The molecule has 0 spiro atoms. The van der Waals surface area contributed by atoms with E-state index in [1.165, 1.54) is 0 Å². The largest absolute Gasteiger partial charge is 0.356 e. The highest BCUT2D eigenvalue weighted by atomic mass is 127. The van der Waals surface area contributed by atoms with Gasteiger partial charge in [0.1, 0.15) is 0 Å². The summed E-state index contributed by atoms with van der Waals surface area (Å²) in [5, 5.41) is 12.8. The molecule has 0 aromatic heterocycles. The minimum atomic E-state index is -0.156. The summed E-state index contributed by atoms with van der Waals surface area (Å²) < 4.78 is 0. The molecule has 1 aliphatic rings. The van der Waals surface area contributed by atoms with Crippen LogP contribution >= 0.6 is 35.6 Å². The molecular weight excluding hydrogens is 517 g/mol. The summed E-state index contributed by atoms with van der Waals surface area (Å²) in [7, 11) is 1.68. The number of rotatable bonds is 6. The van der Waals surface area contributed by atoms with Crippen molar-refractivity contribution < 1.29 is 9.59 Å². The third-order valence-corrected chi connectivity index (χ3v) is 4.91. The number of carbonyl (C=O) groups excluding carboxylic acids is 2. The van der Waals surface area contributed by atoms with E-state index in [4.69, 9.17) is 11.6 Å². The van der Waals surface area contributed by atoms with E-state index in [1.54, 1.807) is 31.3 Å². The van der Waals surface area contributed by atoms with Crippen LogP contribution in [0.2, 0.25) is 5.02 Å². The summed E-state index contributed by atoms with van der Waals surface area (Å²) in [5.74, 6) is 0.553. The first kappa shape index (κ1) is 23.9. The lowest BCUT2D eigenvalue weighted by molar-refractivity contribution is -0.116. The highest BCUT2D eigenvalue weighted by Crippen LogP contribution is 2.31. The third-order valence-electron chi connectivity index (χ3n) is 4.66. The summed E-state index contributed by atoms with van der Waals surface area (Å²) >= 11 is 5.83. The van der Waals surface area contributed by atoms with E-state index in [-0.39, 0.29) is 41.7 Å². The van der Waals surface area contributed by atoms with Gasteiger partial charge in [0.05, 0.1) is 0 Å². The fourth-order valence-electron chi connectivity index (χ4n) is 3.18. The third kappa shape index (κ3) is 6.60. The molecule has 1 aliphatic heterocycles. The summed E-state index contributed by atoms with van der Waals surface area (Å²) in [6.07, 6.45) is 0.429. The number of para-hydroxylation sites is 1. The predicted octanol–water partition coefficient (Wildman–Crippen LogP) is 2.98. The van der Waals surface area contributed by atoms with Crippen molar-refractivity contribution in [3.63, 3.8) is 0 Å². The molecule has 0 aliphatic carbocycles. The van der Waals surface area contributed by atoms with Gasteiger partial charge in [-0.1, -0.05) is 29.8 Å². The number of benzene rings is 2. The van der Waals surface area contributed by atoms with Gasteiger partial charge < -0.3 is 21.3 Å². The van der Waals surface area contributed by atoms with Gasteiger partial charge in [-0.15, -0.1) is 24.0 Å². The number of aliphatic imine (C=N–C) groups is 1. The van der Waals surface area contributed by atoms with Crippen molar-refractivity contribution in [2.75, 3.05) is 32.0 Å². The topological polar surface area (TPSA) is 94.6 Å². The molecule has 2 amide bonds. The van der Waals surface area contributed by atoms with Gasteiger partial charge in [-0.25, -0.2) is 0 Å². The lowest BCUT2D eigenvalue weighted by Crippen LogP contribution is -2.43. The van der Waals surface area contributed by atoms with E-state index < -0.39 is 0 Å². The molecule has 0 bridgehead atoms. The summed E-state index contributed by atoms with van der Waals surface area (Å²) in [4.78, 5) is 28.2. The van der Waals surface area contributed by atoms with E-state index in [0.29, 0.717) is 42.6 Å². The van der Waals surface area contributed by atoms with Crippen LogP contribution in [0.1, 0.15) is 28.3 Å². The van der Waals surface area contributed by atoms with Crippen molar-refractivity contribution in [3.05, 3.63) is 64.7 Å². The number of amides is 2. The zero-order valence-electron chi connectivity index (χ0n) is 16.6. The molecule has 160 valence electrons. The second kappa shape index (κ2) is 11.8. The number of guanidine groups is 1. The molecule has 0 fully saturated rings. The first-order valence-corrected chi connectivity index (χ1v) is 9.81. The van der Waals surface area contributed by atoms with Crippen LogP contribution in [0.5, 0.6) is 0 Å². The average molecular weight is 542 g/mol. The number of carbonyl (C=O) groups is 2. The van der Waals surface area contributed by atoms with Crippen molar-refractivity contribution in [3.8, 4) is 0 Å². The van der Waals surface area contributed by atoms with E-state index in [1.807, 2.05) is 24.3 Å². The Morgan fingerprint density at radius 1 is 1.10 bits per heavy atom. The van der Waals surface area contributed by atoms with Crippen LogP contribution in [0.15, 0.2) is 53.5 Å². The molecule has 3 rings (SSSR count). The summed E-state index contributed by atoms with van der Waals surface area (Å²) in [6, 6.07) is 14.6. The second-order valence-corrected chi connectivity index (χ2v) is 7.12. The predicted molar refractivity (Wildman–Crippen MR) is 131 cm³/mol. The highest BCUT2D eigenvalue weighted by molar-refractivity contribution is 14.0. The maximum Gasteiger partial charge on any atom is 0.251 e. The molecule has 7 nitrogen and oxygen atoms in total. The van der Waals surface area contributed by atoms with Crippen LogP contribution in [0.3, 0.4) is 0 Å². The van der Waals surface area contributed by atoms with Crippen LogP contribution in [0, 0.1) is 0 Å². The Hall–Kier alpha value is -2.33. The van der Waals surface area contributed by atoms with Crippen molar-refractivity contribution in [1.82, 2.24) is 16.0 Å². The van der Waals surface area contributed by atoms with E-state index >= 15 is 0 Å². The molecular formula is C21H25ClIN5O2. The number of hydrogen-bond acceptors (Lipinski definition) is 3. The number of halogens is 2. The average Bonchev–Trinajstić information content (AvgIpc) is 2.73. The number of nitrogens with one attached hydrogen (secondary N) is 4. The standard InChI is InChI=1S/C21H24ClN5O2.HI/c1-23-21(25-11-10-24-20(29)14-6-8-16(22)9-7-14)26-13-15-12-19(28)27-18-5-3-2-4-17(15)18;/h2-9,15H,10-13H2,1H3,(H,24,29)(H,27,28)(H2,23,25,26);1H. The van der Waals surface area contributed by atoms with Crippen LogP contribution in [0.25, 0.3) is 0 Å². The fraction of sp³-hybridized carbons (Fsp3) is 0.286. The molecule has 4 N–H and O–H groups in total. The van der Waals surface area contributed by atoms with Crippen LogP contribution in [0.4, 0.5) is 5.69 Å². The van der Waals surface area contributed by atoms with Crippen molar-refractivity contribution >= 4 is 59.0 Å². The Morgan fingerprint density at radius 3 is 2.53 bits per heavy atom. The quantitative estimate of drug-likeness (QED) is 0.196. The van der Waals surface area contributed by atoms with Crippen molar-refractivity contribution in [2.45, 2.75) is 12.3 Å². The maximum absolute atomic E-state index is 12.1. The van der Waals surface area contributed by atoms with Crippen LogP contribution in [-0.4, -0.2) is 44.5 Å². The number of anilines is 1. The molecule has 0 radical (unpaired) electrons.